The van der Waals surface area contributed by atoms with E-state index in [1.54, 1.807) is 7.05 Å². The molecule has 1 aliphatic rings. The average Bonchev–Trinajstić information content (AvgIpc) is 2.94. The third kappa shape index (κ3) is 6.22. The van der Waals surface area contributed by atoms with Crippen LogP contribution in [-0.2, 0) is 10.2 Å². The van der Waals surface area contributed by atoms with Gasteiger partial charge in [-0.1, -0.05) is 26.7 Å². The molecule has 0 spiro atoms. The van der Waals surface area contributed by atoms with Crippen molar-refractivity contribution in [2.75, 3.05) is 33.2 Å². The van der Waals surface area contributed by atoms with Crippen molar-refractivity contribution in [2.24, 2.45) is 5.41 Å². The number of hydrogen-bond acceptors (Lipinski definition) is 3. The molecule has 0 unspecified atom stereocenters. The van der Waals surface area contributed by atoms with E-state index >= 15 is 0 Å². The third-order valence-electron chi connectivity index (χ3n) is 4.71. The summed E-state index contributed by atoms with van der Waals surface area (Å²) in [4.78, 5) is 0. The largest absolute Gasteiger partial charge is 0.317 e. The number of nitrogens with zero attached hydrogens (tertiary/aromatic N) is 1. The molecule has 0 aromatic carbocycles. The predicted octanol–water partition coefficient (Wildman–Crippen LogP) is 2.11. The van der Waals surface area contributed by atoms with Crippen molar-refractivity contribution in [1.29, 1.82) is 0 Å². The lowest BCUT2D eigenvalue weighted by molar-refractivity contribution is 0.282. The van der Waals surface area contributed by atoms with Crippen LogP contribution in [0.5, 0.6) is 0 Å². The summed E-state index contributed by atoms with van der Waals surface area (Å²) in [6.07, 6.45) is 7.77. The van der Waals surface area contributed by atoms with E-state index in [2.05, 4.69) is 23.9 Å². The third-order valence-corrected chi connectivity index (χ3v) is 6.22. The second kappa shape index (κ2) is 9.08. The Morgan fingerprint density at radius 1 is 1.14 bits per heavy atom. The van der Waals surface area contributed by atoms with Gasteiger partial charge in [0.15, 0.2) is 0 Å². The molecule has 0 aromatic heterocycles. The van der Waals surface area contributed by atoms with Crippen LogP contribution in [0.1, 0.15) is 58.8 Å². The van der Waals surface area contributed by atoms with Crippen molar-refractivity contribution >= 4 is 10.2 Å². The van der Waals surface area contributed by atoms with E-state index in [-0.39, 0.29) is 5.41 Å². The molecule has 1 rings (SSSR count). The monoisotopic (exact) mass is 319 g/mol. The summed E-state index contributed by atoms with van der Waals surface area (Å²) < 4.78 is 28.8. The summed E-state index contributed by atoms with van der Waals surface area (Å²) >= 11 is 0. The van der Waals surface area contributed by atoms with Crippen LogP contribution in [0.2, 0.25) is 0 Å². The molecule has 6 heteroatoms. The van der Waals surface area contributed by atoms with Gasteiger partial charge in [0.05, 0.1) is 0 Å². The lowest BCUT2D eigenvalue weighted by atomic mass is 9.84. The van der Waals surface area contributed by atoms with Gasteiger partial charge in [0, 0.05) is 20.1 Å². The van der Waals surface area contributed by atoms with Crippen LogP contribution in [0.3, 0.4) is 0 Å². The smallest absolute Gasteiger partial charge is 0.279 e. The Morgan fingerprint density at radius 2 is 1.81 bits per heavy atom. The van der Waals surface area contributed by atoms with Crippen molar-refractivity contribution in [3.05, 3.63) is 0 Å². The molecule has 2 N–H and O–H groups in total. The van der Waals surface area contributed by atoms with Gasteiger partial charge in [0.1, 0.15) is 0 Å². The number of hydrogen-bond donors (Lipinski definition) is 2. The maximum Gasteiger partial charge on any atom is 0.279 e. The van der Waals surface area contributed by atoms with Crippen LogP contribution in [0.4, 0.5) is 0 Å². The predicted molar refractivity (Wildman–Crippen MR) is 88.5 cm³/mol. The summed E-state index contributed by atoms with van der Waals surface area (Å²) in [5.41, 5.74) is 0.191. The summed E-state index contributed by atoms with van der Waals surface area (Å²) in [5, 5.41) is 3.29. The van der Waals surface area contributed by atoms with E-state index < -0.39 is 10.2 Å². The van der Waals surface area contributed by atoms with E-state index in [0.29, 0.717) is 13.1 Å². The first-order valence-corrected chi connectivity index (χ1v) is 9.81. The first-order valence-electron chi connectivity index (χ1n) is 8.37. The van der Waals surface area contributed by atoms with E-state index in [0.717, 1.165) is 45.2 Å². The van der Waals surface area contributed by atoms with Gasteiger partial charge in [-0.25, -0.2) is 4.72 Å². The molecule has 1 fully saturated rings. The topological polar surface area (TPSA) is 61.4 Å². The second-order valence-electron chi connectivity index (χ2n) is 6.31. The molecule has 21 heavy (non-hydrogen) atoms. The van der Waals surface area contributed by atoms with Gasteiger partial charge in [-0.05, 0) is 50.6 Å². The van der Waals surface area contributed by atoms with Crippen molar-refractivity contribution in [2.45, 2.75) is 58.8 Å². The molecule has 0 aromatic rings. The first kappa shape index (κ1) is 18.9. The van der Waals surface area contributed by atoms with Gasteiger partial charge in [-0.15, -0.1) is 0 Å². The SMILES string of the molecule is CCCNCCCN(C)S(=O)(=O)NCC1(CC)CCCC1. The molecule has 0 amide bonds. The molecule has 0 atom stereocenters. The van der Waals surface area contributed by atoms with Gasteiger partial charge >= 0.3 is 0 Å². The minimum Gasteiger partial charge on any atom is -0.317 e. The standard InChI is InChI=1S/C15H33N3O2S/c1-4-11-16-12-8-13-18(3)21(19,20)17-14-15(5-2)9-6-7-10-15/h16-17H,4-14H2,1-3H3. The molecule has 0 aliphatic heterocycles. The molecule has 0 saturated heterocycles. The summed E-state index contributed by atoms with van der Waals surface area (Å²) in [7, 11) is -1.67. The highest BCUT2D eigenvalue weighted by atomic mass is 32.2. The van der Waals surface area contributed by atoms with E-state index in [1.807, 2.05) is 0 Å². The molecular formula is C15H33N3O2S. The minimum absolute atomic E-state index is 0.191. The van der Waals surface area contributed by atoms with Crippen LogP contribution in [0.25, 0.3) is 0 Å². The van der Waals surface area contributed by atoms with Crippen molar-refractivity contribution in [3.63, 3.8) is 0 Å². The molecule has 126 valence electrons. The maximum atomic E-state index is 12.3. The fourth-order valence-corrected chi connectivity index (χ4v) is 4.06. The van der Waals surface area contributed by atoms with Gasteiger partial charge in [0.25, 0.3) is 10.2 Å². The second-order valence-corrected chi connectivity index (χ2v) is 8.17. The van der Waals surface area contributed by atoms with Gasteiger partial charge in [0.2, 0.25) is 0 Å². The van der Waals surface area contributed by atoms with E-state index in [1.165, 1.54) is 17.1 Å². The zero-order valence-corrected chi connectivity index (χ0v) is 14.8. The summed E-state index contributed by atoms with van der Waals surface area (Å²) in [6.45, 7) is 7.30. The molecular weight excluding hydrogens is 286 g/mol. The number of rotatable bonds is 11. The Bertz CT molecular complexity index is 378. The zero-order chi connectivity index (χ0) is 15.8. The molecule has 1 saturated carbocycles. The highest BCUT2D eigenvalue weighted by molar-refractivity contribution is 7.87. The van der Waals surface area contributed by atoms with Crippen LogP contribution < -0.4 is 10.0 Å². The highest BCUT2D eigenvalue weighted by Crippen LogP contribution is 2.40. The Hall–Kier alpha value is -0.170. The molecule has 0 bridgehead atoms. The molecule has 1 aliphatic carbocycles. The van der Waals surface area contributed by atoms with Crippen LogP contribution in [-0.4, -0.2) is 45.9 Å². The summed E-state index contributed by atoms with van der Waals surface area (Å²) in [6, 6.07) is 0. The van der Waals surface area contributed by atoms with Gasteiger partial charge < -0.3 is 5.32 Å². The minimum atomic E-state index is -3.33. The first-order chi connectivity index (χ1) is 9.96. The Labute approximate surface area is 131 Å². The quantitative estimate of drug-likeness (QED) is 0.573. The van der Waals surface area contributed by atoms with Crippen LogP contribution in [0, 0.1) is 5.41 Å². The fraction of sp³-hybridized carbons (Fsp3) is 1.00. The van der Waals surface area contributed by atoms with Gasteiger partial charge in [-0.2, -0.15) is 12.7 Å². The highest BCUT2D eigenvalue weighted by Gasteiger charge is 2.33. The lowest BCUT2D eigenvalue weighted by Crippen LogP contribution is -2.43. The van der Waals surface area contributed by atoms with Crippen molar-refractivity contribution in [1.82, 2.24) is 14.3 Å². The Morgan fingerprint density at radius 3 is 2.38 bits per heavy atom. The zero-order valence-electron chi connectivity index (χ0n) is 14.0. The molecule has 0 radical (unpaired) electrons. The Kier molecular flexibility index (Phi) is 8.16. The molecule has 0 heterocycles. The van der Waals surface area contributed by atoms with E-state index in [4.69, 9.17) is 0 Å². The number of nitrogens with one attached hydrogen (secondary N) is 2. The van der Waals surface area contributed by atoms with Crippen LogP contribution in [0.15, 0.2) is 0 Å². The van der Waals surface area contributed by atoms with E-state index in [9.17, 15) is 8.42 Å². The Balaban J connectivity index is 2.34. The maximum absolute atomic E-state index is 12.3. The van der Waals surface area contributed by atoms with Crippen molar-refractivity contribution in [3.8, 4) is 0 Å². The molecule has 5 nitrogen and oxygen atoms in total. The lowest BCUT2D eigenvalue weighted by Gasteiger charge is -2.29. The average molecular weight is 320 g/mol. The van der Waals surface area contributed by atoms with Gasteiger partial charge in [-0.3, -0.25) is 0 Å². The normalized spacial score (nSPS) is 18.5. The van der Waals surface area contributed by atoms with Crippen molar-refractivity contribution < 1.29 is 8.42 Å². The van der Waals surface area contributed by atoms with Crippen LogP contribution >= 0.6 is 0 Å². The summed E-state index contributed by atoms with van der Waals surface area (Å²) in [5.74, 6) is 0. The fourth-order valence-electron chi connectivity index (χ4n) is 2.98.